The van der Waals surface area contributed by atoms with Gasteiger partial charge in [-0.3, -0.25) is 4.79 Å². The van der Waals surface area contributed by atoms with E-state index < -0.39 is 0 Å². The number of amides is 3. The van der Waals surface area contributed by atoms with Crippen molar-refractivity contribution in [1.82, 2.24) is 15.1 Å². The first-order valence-corrected chi connectivity index (χ1v) is 8.83. The Morgan fingerprint density at radius 2 is 1.88 bits per heavy atom. The van der Waals surface area contributed by atoms with Crippen molar-refractivity contribution in [1.29, 1.82) is 0 Å². The molecular formula is C18H25FN4O2. The molecule has 2 aliphatic heterocycles. The molecule has 2 fully saturated rings. The Kier molecular flexibility index (Phi) is 5.40. The molecule has 0 spiro atoms. The molecular weight excluding hydrogens is 323 g/mol. The average Bonchev–Trinajstić information content (AvgIpc) is 2.61. The molecule has 2 heterocycles. The second-order valence-corrected chi connectivity index (χ2v) is 6.84. The van der Waals surface area contributed by atoms with E-state index in [1.165, 1.54) is 6.07 Å². The zero-order valence-electron chi connectivity index (χ0n) is 14.5. The van der Waals surface area contributed by atoms with Crippen molar-refractivity contribution in [2.45, 2.75) is 37.8 Å². The largest absolute Gasteiger partial charge is 0.380 e. The Morgan fingerprint density at radius 1 is 1.16 bits per heavy atom. The molecule has 1 aromatic carbocycles. The lowest BCUT2D eigenvalue weighted by molar-refractivity contribution is -0.132. The van der Waals surface area contributed by atoms with Crippen molar-refractivity contribution < 1.29 is 14.0 Å². The number of hydrogen-bond acceptors (Lipinski definition) is 3. The Balaban J connectivity index is 1.45. The molecule has 2 saturated heterocycles. The van der Waals surface area contributed by atoms with Crippen LogP contribution in [0.3, 0.4) is 0 Å². The second-order valence-electron chi connectivity index (χ2n) is 6.84. The van der Waals surface area contributed by atoms with E-state index in [9.17, 15) is 14.0 Å². The standard InChI is InChI=1S/C18H25FN4O2/c1-22-12-14(6-7-17(22)24)21-18(25)23-10-8-13(9-11-23)20-16-5-3-2-4-15(16)19/h2-5,13-14,20H,6-12H2,1H3,(H,21,25)/t14-/m1/s1. The molecule has 7 heteroatoms. The molecule has 0 unspecified atom stereocenters. The maximum absolute atomic E-state index is 13.7. The van der Waals surface area contributed by atoms with Gasteiger partial charge in [-0.2, -0.15) is 0 Å². The minimum atomic E-state index is -0.251. The number of urea groups is 1. The predicted octanol–water partition coefficient (Wildman–Crippen LogP) is 2.03. The number of carbonyl (C=O) groups is 2. The number of para-hydroxylation sites is 1. The quantitative estimate of drug-likeness (QED) is 0.878. The summed E-state index contributed by atoms with van der Waals surface area (Å²) < 4.78 is 13.7. The topological polar surface area (TPSA) is 64.7 Å². The van der Waals surface area contributed by atoms with Crippen LogP contribution in [0.15, 0.2) is 24.3 Å². The van der Waals surface area contributed by atoms with E-state index in [0.717, 1.165) is 12.8 Å². The minimum absolute atomic E-state index is 0.0180. The Labute approximate surface area is 147 Å². The van der Waals surface area contributed by atoms with Gasteiger partial charge in [0.1, 0.15) is 5.82 Å². The number of piperidine rings is 2. The van der Waals surface area contributed by atoms with Crippen molar-refractivity contribution in [3.05, 3.63) is 30.1 Å². The third-order valence-corrected chi connectivity index (χ3v) is 4.97. The van der Waals surface area contributed by atoms with Crippen LogP contribution in [-0.2, 0) is 4.79 Å². The van der Waals surface area contributed by atoms with E-state index in [1.54, 1.807) is 35.0 Å². The monoisotopic (exact) mass is 348 g/mol. The number of likely N-dealkylation sites (tertiary alicyclic amines) is 2. The third-order valence-electron chi connectivity index (χ3n) is 4.97. The first-order valence-electron chi connectivity index (χ1n) is 8.83. The summed E-state index contributed by atoms with van der Waals surface area (Å²) in [5.74, 6) is -0.121. The lowest BCUT2D eigenvalue weighted by Crippen LogP contribution is -2.54. The molecule has 1 aromatic rings. The normalized spacial score (nSPS) is 22.0. The van der Waals surface area contributed by atoms with Gasteiger partial charge in [0.15, 0.2) is 0 Å². The minimum Gasteiger partial charge on any atom is -0.380 e. The lowest BCUT2D eigenvalue weighted by Gasteiger charge is -2.35. The van der Waals surface area contributed by atoms with Gasteiger partial charge in [-0.05, 0) is 31.4 Å². The molecule has 1 atom stereocenters. The number of hydrogen-bond donors (Lipinski definition) is 2. The molecule has 25 heavy (non-hydrogen) atoms. The van der Waals surface area contributed by atoms with Crippen LogP contribution >= 0.6 is 0 Å². The summed E-state index contributed by atoms with van der Waals surface area (Å²) in [5.41, 5.74) is 0.514. The fraction of sp³-hybridized carbons (Fsp3) is 0.556. The van der Waals surface area contributed by atoms with Gasteiger partial charge in [0, 0.05) is 45.2 Å². The van der Waals surface area contributed by atoms with Crippen LogP contribution in [0.1, 0.15) is 25.7 Å². The van der Waals surface area contributed by atoms with Crippen LogP contribution < -0.4 is 10.6 Å². The van der Waals surface area contributed by atoms with Gasteiger partial charge in [0.25, 0.3) is 0 Å². The number of carbonyl (C=O) groups excluding carboxylic acids is 2. The van der Waals surface area contributed by atoms with Crippen LogP contribution in [0.2, 0.25) is 0 Å². The van der Waals surface area contributed by atoms with E-state index in [0.29, 0.717) is 38.2 Å². The summed E-state index contributed by atoms with van der Waals surface area (Å²) in [6, 6.07) is 6.76. The summed E-state index contributed by atoms with van der Waals surface area (Å²) in [4.78, 5) is 27.4. The van der Waals surface area contributed by atoms with E-state index in [1.807, 2.05) is 0 Å². The molecule has 0 aliphatic carbocycles. The summed E-state index contributed by atoms with van der Waals surface area (Å²) in [5, 5.41) is 6.25. The molecule has 6 nitrogen and oxygen atoms in total. The smallest absolute Gasteiger partial charge is 0.317 e. The maximum atomic E-state index is 13.7. The number of rotatable bonds is 3. The van der Waals surface area contributed by atoms with Crippen molar-refractivity contribution in [3.63, 3.8) is 0 Å². The van der Waals surface area contributed by atoms with Crippen molar-refractivity contribution in [2.24, 2.45) is 0 Å². The van der Waals surface area contributed by atoms with Crippen LogP contribution in [0.25, 0.3) is 0 Å². The number of halogens is 1. The predicted molar refractivity (Wildman–Crippen MR) is 93.8 cm³/mol. The first kappa shape index (κ1) is 17.5. The summed E-state index contributed by atoms with van der Waals surface area (Å²) in [6.45, 7) is 1.84. The van der Waals surface area contributed by atoms with Crippen molar-refractivity contribution in [2.75, 3.05) is 32.0 Å². The van der Waals surface area contributed by atoms with Gasteiger partial charge in [-0.25, -0.2) is 9.18 Å². The molecule has 2 N–H and O–H groups in total. The number of anilines is 1. The number of nitrogens with one attached hydrogen (secondary N) is 2. The molecule has 0 saturated carbocycles. The maximum Gasteiger partial charge on any atom is 0.317 e. The Morgan fingerprint density at radius 3 is 2.56 bits per heavy atom. The van der Waals surface area contributed by atoms with Crippen LogP contribution in [0.4, 0.5) is 14.9 Å². The first-order chi connectivity index (χ1) is 12.0. The molecule has 0 aromatic heterocycles. The average molecular weight is 348 g/mol. The molecule has 2 aliphatic rings. The zero-order valence-corrected chi connectivity index (χ0v) is 14.5. The molecule has 136 valence electrons. The van der Waals surface area contributed by atoms with Gasteiger partial charge in [-0.1, -0.05) is 12.1 Å². The van der Waals surface area contributed by atoms with Crippen LogP contribution in [0, 0.1) is 5.82 Å². The highest BCUT2D eigenvalue weighted by Crippen LogP contribution is 2.19. The highest BCUT2D eigenvalue weighted by molar-refractivity contribution is 5.78. The van der Waals surface area contributed by atoms with Gasteiger partial charge < -0.3 is 20.4 Å². The van der Waals surface area contributed by atoms with Gasteiger partial charge in [0.2, 0.25) is 5.91 Å². The lowest BCUT2D eigenvalue weighted by atomic mass is 10.0. The van der Waals surface area contributed by atoms with E-state index >= 15 is 0 Å². The fourth-order valence-electron chi connectivity index (χ4n) is 3.42. The van der Waals surface area contributed by atoms with E-state index in [2.05, 4.69) is 10.6 Å². The van der Waals surface area contributed by atoms with E-state index in [4.69, 9.17) is 0 Å². The Bertz CT molecular complexity index is 631. The number of likely N-dealkylation sites (N-methyl/N-ethyl adjacent to an activating group) is 1. The molecule has 0 radical (unpaired) electrons. The second kappa shape index (κ2) is 7.72. The number of benzene rings is 1. The SMILES string of the molecule is CN1C[C@H](NC(=O)N2CCC(Nc3ccccc3F)CC2)CCC1=O. The molecule has 3 amide bonds. The number of nitrogens with zero attached hydrogens (tertiary/aromatic N) is 2. The highest BCUT2D eigenvalue weighted by atomic mass is 19.1. The van der Waals surface area contributed by atoms with Gasteiger partial charge in [0.05, 0.1) is 5.69 Å². The fourth-order valence-corrected chi connectivity index (χ4v) is 3.42. The van der Waals surface area contributed by atoms with Crippen molar-refractivity contribution in [3.8, 4) is 0 Å². The molecule has 3 rings (SSSR count). The highest BCUT2D eigenvalue weighted by Gasteiger charge is 2.28. The van der Waals surface area contributed by atoms with Gasteiger partial charge >= 0.3 is 6.03 Å². The summed E-state index contributed by atoms with van der Waals surface area (Å²) >= 11 is 0. The summed E-state index contributed by atoms with van der Waals surface area (Å²) in [6.07, 6.45) is 2.74. The van der Waals surface area contributed by atoms with Crippen LogP contribution in [-0.4, -0.2) is 60.5 Å². The van der Waals surface area contributed by atoms with Crippen molar-refractivity contribution >= 4 is 17.6 Å². The Hall–Kier alpha value is -2.31. The third kappa shape index (κ3) is 4.41. The summed E-state index contributed by atoms with van der Waals surface area (Å²) in [7, 11) is 1.76. The van der Waals surface area contributed by atoms with Gasteiger partial charge in [-0.15, -0.1) is 0 Å². The zero-order chi connectivity index (χ0) is 17.8. The van der Waals surface area contributed by atoms with Crippen LogP contribution in [0.5, 0.6) is 0 Å². The van der Waals surface area contributed by atoms with E-state index in [-0.39, 0.29) is 29.8 Å². The molecule has 0 bridgehead atoms.